The fourth-order valence-corrected chi connectivity index (χ4v) is 2.17. The van der Waals surface area contributed by atoms with Crippen molar-refractivity contribution in [2.45, 2.75) is 45.9 Å². The molecule has 1 aliphatic heterocycles. The normalized spacial score (nSPS) is 30.4. The summed E-state index contributed by atoms with van der Waals surface area (Å²) in [5.74, 6) is 0. The first kappa shape index (κ1) is 11.6. The van der Waals surface area contributed by atoms with Gasteiger partial charge in [0.15, 0.2) is 0 Å². The van der Waals surface area contributed by atoms with Crippen molar-refractivity contribution in [3.63, 3.8) is 0 Å². The molecule has 16 heavy (non-hydrogen) atoms. The predicted molar refractivity (Wildman–Crippen MR) is 66.7 cm³/mol. The Morgan fingerprint density at radius 1 is 1.25 bits per heavy atom. The average Bonchev–Trinajstić information content (AvgIpc) is 2.26. The van der Waals surface area contributed by atoms with Crippen molar-refractivity contribution in [2.75, 3.05) is 6.54 Å². The molecule has 2 rings (SSSR count). The number of rotatable bonds is 1. The van der Waals surface area contributed by atoms with Crippen LogP contribution in [0, 0.1) is 13.8 Å². The van der Waals surface area contributed by atoms with Crippen LogP contribution >= 0.6 is 0 Å². The monoisotopic (exact) mass is 219 g/mol. The summed E-state index contributed by atoms with van der Waals surface area (Å²) in [6, 6.07) is 7.02. The molecule has 0 aromatic heterocycles. The smallest absolute Gasteiger partial charge is 0.0956 e. The first-order valence-corrected chi connectivity index (χ1v) is 6.04. The lowest BCUT2D eigenvalue weighted by molar-refractivity contribution is -0.0511. The van der Waals surface area contributed by atoms with E-state index >= 15 is 0 Å². The Labute approximate surface area is 98.0 Å². The van der Waals surface area contributed by atoms with Crippen molar-refractivity contribution in [2.24, 2.45) is 0 Å². The SMILES string of the molecule is Cc1ccc(C)c(C2CNC(C)C(C)O2)c1. The third-order valence-electron chi connectivity index (χ3n) is 3.49. The number of morpholine rings is 1. The van der Waals surface area contributed by atoms with Crippen molar-refractivity contribution in [3.05, 3.63) is 34.9 Å². The topological polar surface area (TPSA) is 21.3 Å². The standard InChI is InChI=1S/C14H21NO/c1-9-5-6-10(2)13(7-9)14-8-15-11(3)12(4)16-14/h5-7,11-12,14-15H,8H2,1-4H3. The van der Waals surface area contributed by atoms with Crippen molar-refractivity contribution in [1.82, 2.24) is 5.32 Å². The second-order valence-electron chi connectivity index (χ2n) is 4.89. The predicted octanol–water partition coefficient (Wildman–Crippen LogP) is 2.74. The van der Waals surface area contributed by atoms with E-state index in [1.54, 1.807) is 0 Å². The molecule has 1 heterocycles. The number of nitrogens with one attached hydrogen (secondary N) is 1. The van der Waals surface area contributed by atoms with Crippen molar-refractivity contribution in [1.29, 1.82) is 0 Å². The van der Waals surface area contributed by atoms with Crippen molar-refractivity contribution >= 4 is 0 Å². The minimum Gasteiger partial charge on any atom is -0.368 e. The largest absolute Gasteiger partial charge is 0.368 e. The molecule has 0 radical (unpaired) electrons. The molecule has 1 aromatic carbocycles. The van der Waals surface area contributed by atoms with Gasteiger partial charge in [0.05, 0.1) is 12.2 Å². The first-order valence-electron chi connectivity index (χ1n) is 6.04. The summed E-state index contributed by atoms with van der Waals surface area (Å²) in [4.78, 5) is 0. The molecule has 1 fully saturated rings. The Morgan fingerprint density at radius 3 is 2.69 bits per heavy atom. The summed E-state index contributed by atoms with van der Waals surface area (Å²) < 4.78 is 6.06. The third-order valence-corrected chi connectivity index (χ3v) is 3.49. The van der Waals surface area contributed by atoms with Crippen molar-refractivity contribution in [3.8, 4) is 0 Å². The fraction of sp³-hybridized carbons (Fsp3) is 0.571. The molecule has 0 bridgehead atoms. The van der Waals surface area contributed by atoms with E-state index in [4.69, 9.17) is 4.74 Å². The quantitative estimate of drug-likeness (QED) is 0.784. The highest BCUT2D eigenvalue weighted by Crippen LogP contribution is 2.26. The molecule has 0 aliphatic carbocycles. The lowest BCUT2D eigenvalue weighted by Gasteiger charge is -2.34. The van der Waals surface area contributed by atoms with Gasteiger partial charge in [0.1, 0.15) is 0 Å². The Kier molecular flexibility index (Phi) is 3.31. The van der Waals surface area contributed by atoms with Crippen LogP contribution in [0.25, 0.3) is 0 Å². The maximum Gasteiger partial charge on any atom is 0.0956 e. The molecule has 3 unspecified atom stereocenters. The molecular formula is C14H21NO. The summed E-state index contributed by atoms with van der Waals surface area (Å²) in [5.41, 5.74) is 3.95. The zero-order chi connectivity index (χ0) is 11.7. The summed E-state index contributed by atoms with van der Waals surface area (Å²) in [6.45, 7) is 9.50. The van der Waals surface area contributed by atoms with E-state index in [0.29, 0.717) is 6.04 Å². The van der Waals surface area contributed by atoms with Gasteiger partial charge in [0, 0.05) is 12.6 Å². The van der Waals surface area contributed by atoms with Crippen LogP contribution in [0.15, 0.2) is 18.2 Å². The number of benzene rings is 1. The van der Waals surface area contributed by atoms with E-state index in [-0.39, 0.29) is 12.2 Å². The van der Waals surface area contributed by atoms with E-state index < -0.39 is 0 Å². The highest BCUT2D eigenvalue weighted by Gasteiger charge is 2.26. The van der Waals surface area contributed by atoms with E-state index in [9.17, 15) is 0 Å². The lowest BCUT2D eigenvalue weighted by atomic mass is 9.98. The third kappa shape index (κ3) is 2.28. The van der Waals surface area contributed by atoms with Gasteiger partial charge < -0.3 is 10.1 Å². The molecule has 88 valence electrons. The number of hydrogen-bond acceptors (Lipinski definition) is 2. The molecule has 2 heteroatoms. The minimum atomic E-state index is 0.200. The molecule has 0 spiro atoms. The fourth-order valence-electron chi connectivity index (χ4n) is 2.17. The minimum absolute atomic E-state index is 0.200. The van der Waals surface area contributed by atoms with E-state index in [0.717, 1.165) is 6.54 Å². The Balaban J connectivity index is 2.21. The molecule has 0 saturated carbocycles. The van der Waals surface area contributed by atoms with Gasteiger partial charge in [0.25, 0.3) is 0 Å². The Morgan fingerprint density at radius 2 is 2.00 bits per heavy atom. The molecule has 1 N–H and O–H groups in total. The van der Waals surface area contributed by atoms with E-state index in [2.05, 4.69) is 51.2 Å². The summed E-state index contributed by atoms with van der Waals surface area (Å²) in [6.07, 6.45) is 0.477. The van der Waals surface area contributed by atoms with Crippen LogP contribution in [0.1, 0.15) is 36.6 Å². The first-order chi connectivity index (χ1) is 7.58. The van der Waals surface area contributed by atoms with Crippen LogP contribution in [0.2, 0.25) is 0 Å². The van der Waals surface area contributed by atoms with Crippen LogP contribution in [0.3, 0.4) is 0 Å². The maximum atomic E-state index is 6.06. The Hall–Kier alpha value is -0.860. The van der Waals surface area contributed by atoms with Crippen LogP contribution < -0.4 is 5.32 Å². The average molecular weight is 219 g/mol. The highest BCUT2D eigenvalue weighted by atomic mass is 16.5. The van der Waals surface area contributed by atoms with Gasteiger partial charge in [-0.05, 0) is 38.8 Å². The molecular weight excluding hydrogens is 198 g/mol. The number of aryl methyl sites for hydroxylation is 2. The second-order valence-corrected chi connectivity index (χ2v) is 4.89. The molecule has 1 saturated heterocycles. The number of hydrogen-bond donors (Lipinski definition) is 1. The van der Waals surface area contributed by atoms with Crippen LogP contribution in [-0.4, -0.2) is 18.7 Å². The number of ether oxygens (including phenoxy) is 1. The van der Waals surface area contributed by atoms with Crippen LogP contribution in [-0.2, 0) is 4.74 Å². The van der Waals surface area contributed by atoms with Gasteiger partial charge in [-0.1, -0.05) is 23.8 Å². The summed E-state index contributed by atoms with van der Waals surface area (Å²) in [7, 11) is 0. The molecule has 3 atom stereocenters. The summed E-state index contributed by atoms with van der Waals surface area (Å²) in [5, 5.41) is 3.50. The van der Waals surface area contributed by atoms with Gasteiger partial charge >= 0.3 is 0 Å². The maximum absolute atomic E-state index is 6.06. The van der Waals surface area contributed by atoms with E-state index in [1.807, 2.05) is 0 Å². The van der Waals surface area contributed by atoms with Gasteiger partial charge in [-0.2, -0.15) is 0 Å². The van der Waals surface area contributed by atoms with Gasteiger partial charge in [-0.25, -0.2) is 0 Å². The summed E-state index contributed by atoms with van der Waals surface area (Å²) >= 11 is 0. The van der Waals surface area contributed by atoms with Gasteiger partial charge in [-0.15, -0.1) is 0 Å². The van der Waals surface area contributed by atoms with Crippen LogP contribution in [0.4, 0.5) is 0 Å². The lowest BCUT2D eigenvalue weighted by Crippen LogP contribution is -2.46. The van der Waals surface area contributed by atoms with Gasteiger partial charge in [-0.3, -0.25) is 0 Å². The van der Waals surface area contributed by atoms with Gasteiger partial charge in [0.2, 0.25) is 0 Å². The molecule has 0 amide bonds. The second kappa shape index (κ2) is 4.56. The molecule has 2 nitrogen and oxygen atoms in total. The Bertz CT molecular complexity index is 375. The zero-order valence-electron chi connectivity index (χ0n) is 10.6. The van der Waals surface area contributed by atoms with Crippen molar-refractivity contribution < 1.29 is 4.74 Å². The molecule has 1 aromatic rings. The van der Waals surface area contributed by atoms with Crippen LogP contribution in [0.5, 0.6) is 0 Å². The molecule has 1 aliphatic rings. The zero-order valence-corrected chi connectivity index (χ0v) is 10.6. The van der Waals surface area contributed by atoms with E-state index in [1.165, 1.54) is 16.7 Å². The highest BCUT2D eigenvalue weighted by molar-refractivity contribution is 5.32.